The molecular weight excluding hydrogens is 278 g/mol. The van der Waals surface area contributed by atoms with Crippen molar-refractivity contribution in [3.63, 3.8) is 0 Å². The zero-order chi connectivity index (χ0) is 16.1. The third-order valence-electron chi connectivity index (χ3n) is 3.29. The van der Waals surface area contributed by atoms with Gasteiger partial charge in [-0.3, -0.25) is 0 Å². The Morgan fingerprint density at radius 1 is 1.23 bits per heavy atom. The zero-order valence-electron chi connectivity index (χ0n) is 13.1. The summed E-state index contributed by atoms with van der Waals surface area (Å²) in [4.78, 5) is 11.1. The van der Waals surface area contributed by atoms with E-state index in [1.54, 1.807) is 12.1 Å². The average molecular weight is 299 g/mol. The van der Waals surface area contributed by atoms with Crippen LogP contribution in [-0.4, -0.2) is 17.2 Å². The lowest BCUT2D eigenvalue weighted by Crippen LogP contribution is -2.10. The average Bonchev–Trinajstić information content (AvgIpc) is 2.47. The molecule has 0 fully saturated rings. The van der Waals surface area contributed by atoms with E-state index >= 15 is 0 Å². The Labute approximate surface area is 130 Å². The third-order valence-corrected chi connectivity index (χ3v) is 3.29. The van der Waals surface area contributed by atoms with Gasteiger partial charge in [0, 0.05) is 17.8 Å². The van der Waals surface area contributed by atoms with Gasteiger partial charge >= 0.3 is 5.97 Å². The zero-order valence-corrected chi connectivity index (χ0v) is 13.1. The minimum absolute atomic E-state index is 0.109. The number of carbonyl (C=O) groups is 1. The van der Waals surface area contributed by atoms with Crippen molar-refractivity contribution in [2.75, 3.05) is 5.32 Å². The summed E-state index contributed by atoms with van der Waals surface area (Å²) in [5.74, 6) is -0.0800. The van der Waals surface area contributed by atoms with Crippen LogP contribution in [0.15, 0.2) is 42.5 Å². The van der Waals surface area contributed by atoms with Gasteiger partial charge in [-0.1, -0.05) is 24.3 Å². The maximum absolute atomic E-state index is 11.1. The van der Waals surface area contributed by atoms with E-state index in [2.05, 4.69) is 5.32 Å². The number of aromatic carboxylic acids is 1. The molecule has 0 aliphatic heterocycles. The van der Waals surface area contributed by atoms with Crippen molar-refractivity contribution < 1.29 is 14.6 Å². The van der Waals surface area contributed by atoms with Crippen LogP contribution >= 0.6 is 0 Å². The van der Waals surface area contributed by atoms with Crippen LogP contribution < -0.4 is 10.1 Å². The summed E-state index contributed by atoms with van der Waals surface area (Å²) in [6, 6.07) is 12.9. The minimum Gasteiger partial charge on any atom is -0.491 e. The molecular formula is C18H21NO3. The largest absolute Gasteiger partial charge is 0.491 e. The maximum Gasteiger partial charge on any atom is 0.335 e. The highest BCUT2D eigenvalue weighted by Gasteiger charge is 2.08. The molecule has 0 spiro atoms. The molecule has 0 radical (unpaired) electrons. The van der Waals surface area contributed by atoms with Crippen molar-refractivity contribution in [3.8, 4) is 5.75 Å². The smallest absolute Gasteiger partial charge is 0.335 e. The molecule has 2 aromatic rings. The van der Waals surface area contributed by atoms with E-state index in [0.717, 1.165) is 22.6 Å². The summed E-state index contributed by atoms with van der Waals surface area (Å²) in [6.07, 6.45) is 0.109. The Kier molecular flexibility index (Phi) is 5.04. The molecule has 2 N–H and O–H groups in total. The number of ether oxygens (including phenoxy) is 1. The molecule has 0 atom stereocenters. The Hall–Kier alpha value is -2.49. The number of para-hydroxylation sites is 1. The molecule has 0 saturated carbocycles. The van der Waals surface area contributed by atoms with Crippen molar-refractivity contribution in [3.05, 3.63) is 59.2 Å². The van der Waals surface area contributed by atoms with Gasteiger partial charge in [-0.2, -0.15) is 0 Å². The van der Waals surface area contributed by atoms with Crippen LogP contribution in [0.4, 0.5) is 5.69 Å². The van der Waals surface area contributed by atoms with E-state index in [-0.39, 0.29) is 11.7 Å². The van der Waals surface area contributed by atoms with Gasteiger partial charge in [-0.15, -0.1) is 0 Å². The van der Waals surface area contributed by atoms with Gasteiger partial charge < -0.3 is 15.2 Å². The van der Waals surface area contributed by atoms with E-state index < -0.39 is 5.97 Å². The number of aryl methyl sites for hydroxylation is 1. The molecule has 4 nitrogen and oxygen atoms in total. The van der Waals surface area contributed by atoms with E-state index in [1.807, 2.05) is 51.1 Å². The number of rotatable bonds is 6. The maximum atomic E-state index is 11.1. The van der Waals surface area contributed by atoms with Gasteiger partial charge in [0.1, 0.15) is 5.75 Å². The molecule has 4 heteroatoms. The minimum atomic E-state index is -0.924. The summed E-state index contributed by atoms with van der Waals surface area (Å²) in [5.41, 5.74) is 3.14. The van der Waals surface area contributed by atoms with Crippen molar-refractivity contribution >= 4 is 11.7 Å². The standard InChI is InChI=1S/C18H21NO3/c1-12(2)22-17-7-5-4-6-15(17)11-19-16-10-14(18(20)21)9-8-13(16)3/h4-10,12,19H,11H2,1-3H3,(H,20,21). The summed E-state index contributed by atoms with van der Waals surface area (Å²) in [6.45, 7) is 6.51. The Bertz CT molecular complexity index is 665. The number of anilines is 1. The van der Waals surface area contributed by atoms with Gasteiger partial charge in [-0.05, 0) is 44.5 Å². The van der Waals surface area contributed by atoms with Gasteiger partial charge in [0.05, 0.1) is 11.7 Å². The second-order valence-corrected chi connectivity index (χ2v) is 5.46. The molecule has 0 unspecified atom stereocenters. The van der Waals surface area contributed by atoms with Crippen molar-refractivity contribution in [2.45, 2.75) is 33.4 Å². The molecule has 0 amide bonds. The molecule has 22 heavy (non-hydrogen) atoms. The van der Waals surface area contributed by atoms with Crippen LogP contribution in [0.25, 0.3) is 0 Å². The van der Waals surface area contributed by atoms with Crippen LogP contribution in [0.5, 0.6) is 5.75 Å². The molecule has 0 saturated heterocycles. The van der Waals surface area contributed by atoms with Crippen molar-refractivity contribution in [2.24, 2.45) is 0 Å². The van der Waals surface area contributed by atoms with E-state index in [0.29, 0.717) is 6.54 Å². The SMILES string of the molecule is Cc1ccc(C(=O)O)cc1NCc1ccccc1OC(C)C. The first-order valence-electron chi connectivity index (χ1n) is 7.29. The van der Waals surface area contributed by atoms with E-state index in [1.165, 1.54) is 0 Å². The monoisotopic (exact) mass is 299 g/mol. The molecule has 2 rings (SSSR count). The molecule has 0 aliphatic carbocycles. The number of hydrogen-bond acceptors (Lipinski definition) is 3. The predicted molar refractivity (Wildman–Crippen MR) is 87.7 cm³/mol. The second-order valence-electron chi connectivity index (χ2n) is 5.46. The van der Waals surface area contributed by atoms with Crippen molar-refractivity contribution in [1.82, 2.24) is 0 Å². The number of hydrogen-bond donors (Lipinski definition) is 2. The lowest BCUT2D eigenvalue weighted by atomic mass is 10.1. The molecule has 0 aliphatic rings. The van der Waals surface area contributed by atoms with Crippen molar-refractivity contribution in [1.29, 1.82) is 0 Å². The van der Waals surface area contributed by atoms with Gasteiger partial charge in [0.2, 0.25) is 0 Å². The fourth-order valence-electron chi connectivity index (χ4n) is 2.15. The highest BCUT2D eigenvalue weighted by molar-refractivity contribution is 5.89. The second kappa shape index (κ2) is 6.98. The van der Waals surface area contributed by atoms with Gasteiger partial charge in [-0.25, -0.2) is 4.79 Å². The highest BCUT2D eigenvalue weighted by Crippen LogP contribution is 2.23. The first-order chi connectivity index (χ1) is 10.5. The molecule has 0 bridgehead atoms. The fraction of sp³-hybridized carbons (Fsp3) is 0.278. The molecule has 0 heterocycles. The summed E-state index contributed by atoms with van der Waals surface area (Å²) < 4.78 is 5.79. The Balaban J connectivity index is 2.17. The van der Waals surface area contributed by atoms with Gasteiger partial charge in [0.25, 0.3) is 0 Å². The molecule has 0 aromatic heterocycles. The Morgan fingerprint density at radius 2 is 1.95 bits per heavy atom. The number of carboxylic acids is 1. The topological polar surface area (TPSA) is 58.6 Å². The molecule has 2 aromatic carbocycles. The van der Waals surface area contributed by atoms with Crippen LogP contribution in [0, 0.1) is 6.92 Å². The fourth-order valence-corrected chi connectivity index (χ4v) is 2.15. The first-order valence-corrected chi connectivity index (χ1v) is 7.29. The number of nitrogens with one attached hydrogen (secondary N) is 1. The quantitative estimate of drug-likeness (QED) is 0.843. The van der Waals surface area contributed by atoms with Crippen LogP contribution in [0.1, 0.15) is 35.3 Å². The molecule has 116 valence electrons. The first kappa shape index (κ1) is 15.9. The van der Waals surface area contributed by atoms with Crippen LogP contribution in [0.2, 0.25) is 0 Å². The lowest BCUT2D eigenvalue weighted by molar-refractivity contribution is 0.0697. The Morgan fingerprint density at radius 3 is 2.64 bits per heavy atom. The van der Waals surface area contributed by atoms with Crippen LogP contribution in [0.3, 0.4) is 0 Å². The summed E-state index contributed by atoms with van der Waals surface area (Å²) in [5, 5.41) is 12.4. The normalized spacial score (nSPS) is 10.5. The van der Waals surface area contributed by atoms with E-state index in [4.69, 9.17) is 9.84 Å². The predicted octanol–water partition coefficient (Wildman–Crippen LogP) is 4.09. The van der Waals surface area contributed by atoms with E-state index in [9.17, 15) is 4.79 Å². The summed E-state index contributed by atoms with van der Waals surface area (Å²) >= 11 is 0. The van der Waals surface area contributed by atoms with Gasteiger partial charge in [0.15, 0.2) is 0 Å². The third kappa shape index (κ3) is 4.01. The lowest BCUT2D eigenvalue weighted by Gasteiger charge is -2.16. The summed E-state index contributed by atoms with van der Waals surface area (Å²) in [7, 11) is 0. The van der Waals surface area contributed by atoms with Crippen LogP contribution in [-0.2, 0) is 6.54 Å². The number of benzene rings is 2. The highest BCUT2D eigenvalue weighted by atomic mass is 16.5. The number of carboxylic acid groups (broad SMARTS) is 1.